The molecule has 8 aromatic rings. The van der Waals surface area contributed by atoms with Gasteiger partial charge in [-0.05, 0) is 143 Å². The zero-order valence-corrected chi connectivity index (χ0v) is 88.8. The van der Waals surface area contributed by atoms with E-state index in [-0.39, 0.29) is 185 Å². The van der Waals surface area contributed by atoms with Crippen molar-refractivity contribution >= 4 is 183 Å². The summed E-state index contributed by atoms with van der Waals surface area (Å²) in [5.41, 5.74) is 2.33. The Labute approximate surface area is 879 Å². The summed E-state index contributed by atoms with van der Waals surface area (Å²) >= 11 is 0. The van der Waals surface area contributed by atoms with Gasteiger partial charge in [0.15, 0.2) is 11.9 Å². The Hall–Kier alpha value is -13.6. The van der Waals surface area contributed by atoms with Crippen LogP contribution < -0.4 is 77.4 Å². The first-order chi connectivity index (χ1) is 70.5. The fourth-order valence-electron chi connectivity index (χ4n) is 15.8. The van der Waals surface area contributed by atoms with E-state index in [1.165, 1.54) is 83.7 Å². The molecule has 5 atom stereocenters. The van der Waals surface area contributed by atoms with Gasteiger partial charge in [0.25, 0.3) is 32.1 Å². The Kier molecular flexibility index (Phi) is 47.4. The van der Waals surface area contributed by atoms with Gasteiger partial charge in [0.1, 0.15) is 53.2 Å². The van der Waals surface area contributed by atoms with E-state index in [4.69, 9.17) is 9.47 Å². The predicted molar refractivity (Wildman–Crippen MR) is 537 cm³/mol. The van der Waals surface area contributed by atoms with E-state index in [0.717, 1.165) is 11.0 Å². The standard InChI is InChI=1S/C89H123N25O31S4.In/c1-55-39-63(40-56(2)79(55)148(140,141)107-66(86(130)131)47-100-81(125)59-11-14-70-61(43-59)45-102-113(70)27-7-17-94-88-96-23-24-97-88)144-37-5-9-72(115)90-19-21-92-83(127)68(53-146(134,135)136)105-74(117)16-13-65(104-75(118)49-109-29-31-110(50-76(119)120)33-35-112(52-78(123)124)36-34-111(32-30-109)51-77(121)122)85(129)106-69(54-147(137,138)139)84(128)93-22-20-91-73(116)10-6-38-145-64-41-57(3)80(58(4)42-64)149(142,143)108-67(87(132)133)48-101-82(126)60-12-15-71-62(44-60)46-103-114(71)28-8-18-95-89-98-25-26-99-89;/h11-12,14-15,23-26,39-46,65-69,107-108H,5-10,13,16-22,27-38,47-54H2,1-4H3,(H,90,115)(H,91,116)(H,92,127)(H,93,128)(H,100,125)(H,101,126)(H,104,118)(H,105,117)(H,106,129)(H,119,120)(H,121,122)(H,123,124)(H,130,131)(H,132,133)(H2,94,96,97)(H2,95,98,99)(H,134,135,136)(H,137,138,139);/q;+3/i;1-4. The number of hydrogen-bond donors (Lipinski definition) is 22. The normalized spacial score (nSPS) is 14.2. The number of carboxylic acid groups (broad SMARTS) is 5. The zero-order chi connectivity index (χ0) is 109. The van der Waals surface area contributed by atoms with Crippen molar-refractivity contribution in [1.29, 1.82) is 0 Å². The molecule has 22 N–H and O–H groups in total. The first-order valence-electron chi connectivity index (χ1n) is 46.9. The van der Waals surface area contributed by atoms with Crippen molar-refractivity contribution in [1.82, 2.24) is 116 Å². The number of aliphatic carboxylic acids is 5. The minimum Gasteiger partial charge on any atom is -0.494 e. The number of aryl methyl sites for hydroxylation is 6. The number of hydrogen-bond acceptors (Lipinski definition) is 34. The maximum atomic E-state index is 14.5. The zero-order valence-electron chi connectivity index (χ0n) is 82.3. The number of amides is 9. The number of nitrogens with one attached hydrogen (secondary N) is 15. The molecule has 1 aliphatic heterocycles. The third kappa shape index (κ3) is 41.0. The molecule has 56 nitrogen and oxygen atoms in total. The molecule has 61 heteroatoms. The first-order valence-corrected chi connectivity index (χ1v) is 53.1. The van der Waals surface area contributed by atoms with Crippen molar-refractivity contribution in [3.63, 3.8) is 0 Å². The number of aromatic nitrogens is 8. The summed E-state index contributed by atoms with van der Waals surface area (Å²) in [5, 5.41) is 86.9. The Balaban J connectivity index is 0.0000274. The van der Waals surface area contributed by atoms with Gasteiger partial charge >= 0.3 is 55.7 Å². The molecule has 0 aliphatic carbocycles. The Bertz CT molecular complexity index is 6460. The smallest absolute Gasteiger partial charge is 0.494 e. The second-order valence-corrected chi connectivity index (χ2v) is 41.0. The topological polar surface area (TPSA) is 798 Å². The van der Waals surface area contributed by atoms with Crippen LogP contribution in [0.4, 0.5) is 11.9 Å². The van der Waals surface area contributed by atoms with Crippen molar-refractivity contribution < 1.29 is 145 Å². The summed E-state index contributed by atoms with van der Waals surface area (Å²) in [6, 6.07) is 4.98. The Morgan fingerprint density at radius 2 is 0.767 bits per heavy atom. The molecule has 1 fully saturated rings. The molecule has 5 heterocycles. The molecule has 0 radical (unpaired) electrons. The predicted octanol–water partition coefficient (Wildman–Crippen LogP) is -4.02. The van der Waals surface area contributed by atoms with E-state index in [9.17, 15) is 135 Å². The largest absolute Gasteiger partial charge is 3.00 e. The first kappa shape index (κ1) is 122. The molecule has 0 saturated carbocycles. The van der Waals surface area contributed by atoms with Crippen LogP contribution in [0.5, 0.6) is 11.5 Å². The van der Waals surface area contributed by atoms with Gasteiger partial charge in [-0.25, -0.2) is 26.8 Å². The van der Waals surface area contributed by atoms with Crippen molar-refractivity contribution in [2.24, 2.45) is 0 Å². The molecule has 814 valence electrons. The number of fused-ring (bicyclic) bond motifs is 2. The summed E-state index contributed by atoms with van der Waals surface area (Å²) in [6.07, 6.45) is 9.04. The molecule has 0 spiro atoms. The molecule has 9 rings (SSSR count). The van der Waals surface area contributed by atoms with Gasteiger partial charge in [-0.2, -0.15) is 36.5 Å². The second-order valence-electron chi connectivity index (χ2n) is 34.7. The molecule has 0 bridgehead atoms. The quantitative estimate of drug-likeness (QED) is 0.0128. The number of imidazole rings is 2. The summed E-state index contributed by atoms with van der Waals surface area (Å²) in [4.78, 5) is 203. The van der Waals surface area contributed by atoms with Crippen molar-refractivity contribution in [3.8, 4) is 11.5 Å². The fraction of sp³-hybridized carbons (Fsp3) is 0.483. The van der Waals surface area contributed by atoms with Crippen LogP contribution in [0.3, 0.4) is 0 Å². The van der Waals surface area contributed by atoms with Crippen LogP contribution in [0.1, 0.15) is 94.3 Å². The van der Waals surface area contributed by atoms with Crippen molar-refractivity contribution in [2.45, 2.75) is 132 Å². The second kappa shape index (κ2) is 58.5. The van der Waals surface area contributed by atoms with E-state index in [0.29, 0.717) is 61.7 Å². The maximum Gasteiger partial charge on any atom is 3.00 e. The number of ether oxygens (including phenoxy) is 2. The molecule has 4 aromatic carbocycles. The minimum absolute atomic E-state index is 0. The van der Waals surface area contributed by atoms with Crippen molar-refractivity contribution in [2.75, 3.05) is 166 Å². The summed E-state index contributed by atoms with van der Waals surface area (Å²) in [5.74, 6) is -17.3. The Morgan fingerprint density at radius 1 is 0.407 bits per heavy atom. The number of sulfonamides is 2. The number of carbonyl (C=O) groups is 14. The number of nitrogens with zero attached hydrogens (tertiary/aromatic N) is 10. The molecule has 1 aliphatic rings. The van der Waals surface area contributed by atoms with E-state index in [1.54, 1.807) is 70.8 Å². The van der Waals surface area contributed by atoms with Gasteiger partial charge in [-0.3, -0.25) is 105 Å². The Morgan fingerprint density at radius 3 is 1.12 bits per heavy atom. The van der Waals surface area contributed by atoms with E-state index in [1.807, 2.05) is 0 Å². The van der Waals surface area contributed by atoms with Crippen LogP contribution in [-0.4, -0.2) is 422 Å². The van der Waals surface area contributed by atoms with E-state index in [2.05, 4.69) is 98.1 Å². The molecular weight excluding hydrogens is 2150 g/mol. The average Bonchev–Trinajstić information content (AvgIpc) is 1.17. The van der Waals surface area contributed by atoms with Crippen LogP contribution in [-0.2, 0) is 111 Å². The summed E-state index contributed by atoms with van der Waals surface area (Å²) in [7, 11) is -19.5. The van der Waals surface area contributed by atoms with Crippen LogP contribution >= 0.6 is 0 Å². The van der Waals surface area contributed by atoms with Gasteiger partial charge in [-0.1, -0.05) is 0 Å². The third-order valence-corrected chi connectivity index (χ3v) is 27.9. The fourth-order valence-corrected chi connectivity index (χ4v) is 20.4. The van der Waals surface area contributed by atoms with Crippen LogP contribution in [0.2, 0.25) is 0 Å². The minimum atomic E-state index is -5.22. The van der Waals surface area contributed by atoms with Gasteiger partial charge in [0.05, 0.1) is 72.6 Å². The molecule has 5 unspecified atom stereocenters. The third-order valence-electron chi connectivity index (χ3n) is 22.9. The molecule has 150 heavy (non-hydrogen) atoms. The SMILES string of the molecule is Cc1cc(OCCCC(=O)NCCNC(=O)C(CS(=O)(=O)O)NC(=O)CCC(NC(=O)CN2CCN(CC(=O)O)CCN(CC(=O)O)CCN(CC(=O)O)CC2)C(=O)NC(CS(=O)(=O)O)C(=O)NCCNC(=O)CCCOc2cc(C)c(S(=O)(=O)NC(CNC(=O)c3ccc4c(cnn4CCCNc4ncc[nH]4)c3)C(=O)O)c(C)c2)cc(C)c1S(=O)(=O)NC(CNC(=O)c1ccc2c(cnn2CCCNc2ncc[nH]2)c1)C(=O)O.[111In+3]. The monoisotopic (exact) mass is 2280 g/mol. The molecule has 4 aromatic heterocycles. The van der Waals surface area contributed by atoms with Gasteiger partial charge in [-0.15, -0.1) is 0 Å². The molecule has 1 saturated heterocycles. The number of benzene rings is 4. The summed E-state index contributed by atoms with van der Waals surface area (Å²) in [6.45, 7) is 2.03. The van der Waals surface area contributed by atoms with Gasteiger partial charge in [0, 0.05) is 184 Å². The van der Waals surface area contributed by atoms with Crippen molar-refractivity contribution in [3.05, 3.63) is 131 Å². The number of carboxylic acids is 5. The average molecular weight is 2280 g/mol. The van der Waals surface area contributed by atoms with E-state index >= 15 is 0 Å². The number of anilines is 2. The number of H-pyrrole nitrogens is 2. The number of carbonyl (C=O) groups excluding carboxylic acids is 9. The molecule has 9 amide bonds. The van der Waals surface area contributed by atoms with Crippen LogP contribution in [0.15, 0.2) is 108 Å². The van der Waals surface area contributed by atoms with Crippen LogP contribution in [0, 0.1) is 27.7 Å². The van der Waals surface area contributed by atoms with Gasteiger partial charge in [0.2, 0.25) is 61.4 Å². The maximum absolute atomic E-state index is 14.5. The van der Waals surface area contributed by atoms with Crippen LogP contribution in [0.25, 0.3) is 21.8 Å². The summed E-state index contributed by atoms with van der Waals surface area (Å²) < 4.78 is 145. The van der Waals surface area contributed by atoms with Gasteiger partial charge < -0.3 is 103 Å². The van der Waals surface area contributed by atoms with E-state index < -0.39 is 230 Å². The number of aromatic amines is 2. The molecular formula is C89H123InN25O31S4+3. The number of rotatable bonds is 61.